The van der Waals surface area contributed by atoms with Gasteiger partial charge in [0.25, 0.3) is 0 Å². The molecule has 0 atom stereocenters. The molecule has 1 N–H and O–H groups in total. The average Bonchev–Trinajstić information content (AvgIpc) is 3.01. The van der Waals surface area contributed by atoms with Gasteiger partial charge in [0.1, 0.15) is 11.3 Å². The van der Waals surface area contributed by atoms with Crippen LogP contribution in [0.3, 0.4) is 0 Å². The Morgan fingerprint density at radius 2 is 2.04 bits per heavy atom. The first-order valence-electron chi connectivity index (χ1n) is 8.00. The zero-order valence-electron chi connectivity index (χ0n) is 13.8. The summed E-state index contributed by atoms with van der Waals surface area (Å²) in [5.41, 5.74) is 1.39. The lowest BCUT2D eigenvalue weighted by atomic mass is 10.00. The summed E-state index contributed by atoms with van der Waals surface area (Å²) in [6.07, 6.45) is 0. The molecule has 0 radical (unpaired) electrons. The number of fused-ring (bicyclic) bond motifs is 1. The fourth-order valence-electron chi connectivity index (χ4n) is 2.85. The standard InChI is InChI=1S/C18H15Cl2N3O2S/c1-25-13-6-3-7-14-16(13)22-18(26-14)23-8-10(9-23)17(24)21-12-5-2-4-11(19)15(12)20/h2-7,10H,8-9H2,1H3,(H,21,24). The van der Waals surface area contributed by atoms with Gasteiger partial charge < -0.3 is 15.0 Å². The highest BCUT2D eigenvalue weighted by atomic mass is 35.5. The highest BCUT2D eigenvalue weighted by molar-refractivity contribution is 7.22. The summed E-state index contributed by atoms with van der Waals surface area (Å²) in [6, 6.07) is 11.0. The van der Waals surface area contributed by atoms with Gasteiger partial charge in [-0.05, 0) is 24.3 Å². The number of hydrogen-bond donors (Lipinski definition) is 1. The van der Waals surface area contributed by atoms with Crippen LogP contribution in [0.5, 0.6) is 5.75 Å². The molecular formula is C18H15Cl2N3O2S. The minimum absolute atomic E-state index is 0.0656. The Morgan fingerprint density at radius 3 is 2.81 bits per heavy atom. The van der Waals surface area contributed by atoms with Crippen LogP contribution < -0.4 is 15.0 Å². The van der Waals surface area contributed by atoms with Gasteiger partial charge in [0, 0.05) is 13.1 Å². The summed E-state index contributed by atoms with van der Waals surface area (Å²) in [5, 5.41) is 4.53. The predicted molar refractivity (Wildman–Crippen MR) is 107 cm³/mol. The number of carbonyl (C=O) groups excluding carboxylic acids is 1. The van der Waals surface area contributed by atoms with Gasteiger partial charge in [-0.15, -0.1) is 0 Å². The maximum absolute atomic E-state index is 12.4. The van der Waals surface area contributed by atoms with Gasteiger partial charge in [-0.2, -0.15) is 0 Å². The van der Waals surface area contributed by atoms with E-state index in [0.29, 0.717) is 28.8 Å². The summed E-state index contributed by atoms with van der Waals surface area (Å²) in [6.45, 7) is 1.23. The Balaban J connectivity index is 1.43. The summed E-state index contributed by atoms with van der Waals surface area (Å²) in [7, 11) is 1.64. The molecule has 2 aromatic carbocycles. The molecule has 0 spiro atoms. The minimum Gasteiger partial charge on any atom is -0.494 e. The predicted octanol–water partition coefficient (Wildman–Crippen LogP) is 4.69. The molecular weight excluding hydrogens is 393 g/mol. The molecule has 1 amide bonds. The number of halogens is 2. The van der Waals surface area contributed by atoms with Gasteiger partial charge in [0.2, 0.25) is 5.91 Å². The van der Waals surface area contributed by atoms with E-state index in [0.717, 1.165) is 21.1 Å². The maximum atomic E-state index is 12.4. The largest absolute Gasteiger partial charge is 0.494 e. The van der Waals surface area contributed by atoms with Crippen molar-refractivity contribution in [1.29, 1.82) is 0 Å². The number of anilines is 2. The molecule has 1 aromatic heterocycles. The van der Waals surface area contributed by atoms with Gasteiger partial charge in [0.15, 0.2) is 5.13 Å². The fraction of sp³-hybridized carbons (Fsp3) is 0.222. The molecule has 5 nitrogen and oxygen atoms in total. The first-order valence-corrected chi connectivity index (χ1v) is 9.57. The van der Waals surface area contributed by atoms with Gasteiger partial charge in [-0.1, -0.05) is 46.7 Å². The zero-order chi connectivity index (χ0) is 18.3. The number of thiazole rings is 1. The number of methoxy groups -OCH3 is 1. The number of hydrogen-bond acceptors (Lipinski definition) is 5. The van der Waals surface area contributed by atoms with Crippen molar-refractivity contribution >= 4 is 61.5 Å². The monoisotopic (exact) mass is 407 g/mol. The lowest BCUT2D eigenvalue weighted by Crippen LogP contribution is -2.52. The average molecular weight is 408 g/mol. The Bertz CT molecular complexity index is 986. The number of carbonyl (C=O) groups is 1. The van der Waals surface area contributed by atoms with E-state index in [4.69, 9.17) is 27.9 Å². The molecule has 4 rings (SSSR count). The molecule has 1 aliphatic rings. The van der Waals surface area contributed by atoms with Crippen LogP contribution in [-0.2, 0) is 4.79 Å². The van der Waals surface area contributed by atoms with Crippen molar-refractivity contribution in [2.45, 2.75) is 0 Å². The van der Waals surface area contributed by atoms with Crippen LogP contribution in [-0.4, -0.2) is 31.1 Å². The minimum atomic E-state index is -0.112. The topological polar surface area (TPSA) is 54.5 Å². The molecule has 1 saturated heterocycles. The van der Waals surface area contributed by atoms with Gasteiger partial charge in [-0.25, -0.2) is 4.98 Å². The second kappa shape index (κ2) is 6.95. The van der Waals surface area contributed by atoms with E-state index in [2.05, 4.69) is 15.2 Å². The van der Waals surface area contributed by atoms with E-state index in [9.17, 15) is 4.79 Å². The molecule has 0 bridgehead atoms. The van der Waals surface area contributed by atoms with Gasteiger partial charge in [0.05, 0.1) is 33.5 Å². The van der Waals surface area contributed by atoms with Crippen molar-refractivity contribution in [3.63, 3.8) is 0 Å². The summed E-state index contributed by atoms with van der Waals surface area (Å²) < 4.78 is 6.42. The number of benzene rings is 2. The van der Waals surface area contributed by atoms with E-state index < -0.39 is 0 Å². The third kappa shape index (κ3) is 3.09. The first-order chi connectivity index (χ1) is 12.6. The van der Waals surface area contributed by atoms with Crippen LogP contribution in [0.2, 0.25) is 10.0 Å². The second-order valence-corrected chi connectivity index (χ2v) is 7.79. The SMILES string of the molecule is COc1cccc2sc(N3CC(C(=O)Nc4cccc(Cl)c4Cl)C3)nc12. The molecule has 3 aromatic rings. The van der Waals surface area contributed by atoms with Crippen molar-refractivity contribution in [3.05, 3.63) is 46.4 Å². The number of nitrogens with zero attached hydrogens (tertiary/aromatic N) is 2. The molecule has 2 heterocycles. The molecule has 26 heavy (non-hydrogen) atoms. The van der Waals surface area contributed by atoms with Crippen LogP contribution >= 0.6 is 34.5 Å². The molecule has 0 saturated carbocycles. The number of para-hydroxylation sites is 1. The van der Waals surface area contributed by atoms with E-state index in [1.807, 2.05) is 18.2 Å². The number of ether oxygens (including phenoxy) is 1. The highest BCUT2D eigenvalue weighted by Crippen LogP contribution is 2.37. The van der Waals surface area contributed by atoms with Crippen molar-refractivity contribution < 1.29 is 9.53 Å². The van der Waals surface area contributed by atoms with Gasteiger partial charge in [-0.3, -0.25) is 4.79 Å². The smallest absolute Gasteiger partial charge is 0.231 e. The molecule has 1 aliphatic heterocycles. The van der Waals surface area contributed by atoms with E-state index in [1.54, 1.807) is 36.6 Å². The van der Waals surface area contributed by atoms with Crippen molar-refractivity contribution in [2.75, 3.05) is 30.4 Å². The van der Waals surface area contributed by atoms with E-state index in [1.165, 1.54) is 0 Å². The summed E-state index contributed by atoms with van der Waals surface area (Å²) in [5.74, 6) is 0.582. The van der Waals surface area contributed by atoms with Crippen LogP contribution in [0.4, 0.5) is 10.8 Å². The Kier molecular flexibility index (Phi) is 4.65. The number of aromatic nitrogens is 1. The van der Waals surface area contributed by atoms with E-state index in [-0.39, 0.29) is 11.8 Å². The molecule has 1 fully saturated rings. The number of amides is 1. The quantitative estimate of drug-likeness (QED) is 0.681. The lowest BCUT2D eigenvalue weighted by molar-refractivity contribution is -0.120. The van der Waals surface area contributed by atoms with Crippen LogP contribution in [0.1, 0.15) is 0 Å². The van der Waals surface area contributed by atoms with Gasteiger partial charge >= 0.3 is 0 Å². The van der Waals surface area contributed by atoms with Crippen LogP contribution in [0, 0.1) is 5.92 Å². The number of nitrogens with one attached hydrogen (secondary N) is 1. The number of rotatable bonds is 4. The fourth-order valence-corrected chi connectivity index (χ4v) is 4.20. The highest BCUT2D eigenvalue weighted by Gasteiger charge is 2.34. The Labute approximate surface area is 164 Å². The molecule has 0 aliphatic carbocycles. The third-order valence-corrected chi connectivity index (χ3v) is 6.22. The summed E-state index contributed by atoms with van der Waals surface area (Å²) in [4.78, 5) is 19.2. The zero-order valence-corrected chi connectivity index (χ0v) is 16.2. The van der Waals surface area contributed by atoms with Crippen molar-refractivity contribution in [2.24, 2.45) is 5.92 Å². The second-order valence-electron chi connectivity index (χ2n) is 6.00. The molecule has 8 heteroatoms. The van der Waals surface area contributed by atoms with E-state index >= 15 is 0 Å². The Morgan fingerprint density at radius 1 is 1.27 bits per heavy atom. The maximum Gasteiger partial charge on any atom is 0.231 e. The third-order valence-electron chi connectivity index (χ3n) is 4.32. The normalized spacial score (nSPS) is 14.3. The van der Waals surface area contributed by atoms with Crippen LogP contribution in [0.15, 0.2) is 36.4 Å². The van der Waals surface area contributed by atoms with Crippen molar-refractivity contribution in [1.82, 2.24) is 4.98 Å². The Hall–Kier alpha value is -2.02. The van der Waals surface area contributed by atoms with Crippen molar-refractivity contribution in [3.8, 4) is 5.75 Å². The molecule has 134 valence electrons. The first kappa shape index (κ1) is 17.4. The lowest BCUT2D eigenvalue weighted by Gasteiger charge is -2.38. The molecule has 0 unspecified atom stereocenters. The summed E-state index contributed by atoms with van der Waals surface area (Å²) >= 11 is 13.7. The van der Waals surface area contributed by atoms with Crippen LogP contribution in [0.25, 0.3) is 10.2 Å².